The van der Waals surface area contributed by atoms with Crippen molar-refractivity contribution < 1.29 is 31.9 Å². The molecule has 0 bridgehead atoms. The molecule has 250 valence electrons. The zero-order valence-electron chi connectivity index (χ0n) is 26.6. The molecule has 1 saturated carbocycles. The van der Waals surface area contributed by atoms with E-state index in [0.29, 0.717) is 41.6 Å². The van der Waals surface area contributed by atoms with Gasteiger partial charge in [0.05, 0.1) is 30.0 Å². The largest absolute Gasteiger partial charge is 0.466 e. The molecule has 1 aromatic heterocycles. The molecule has 10 nitrogen and oxygen atoms in total. The van der Waals surface area contributed by atoms with E-state index in [-0.39, 0.29) is 48.4 Å². The second-order valence-corrected chi connectivity index (χ2v) is 22.7. The van der Waals surface area contributed by atoms with Crippen molar-refractivity contribution >= 4 is 58.8 Å². The van der Waals surface area contributed by atoms with Gasteiger partial charge in [-0.2, -0.15) is 0 Å². The molecule has 0 radical (unpaired) electrons. The van der Waals surface area contributed by atoms with Crippen molar-refractivity contribution in [1.29, 1.82) is 0 Å². The molecule has 46 heavy (non-hydrogen) atoms. The second kappa shape index (κ2) is 13.5. The summed E-state index contributed by atoms with van der Waals surface area (Å²) in [5.41, 5.74) is 0.430. The van der Waals surface area contributed by atoms with E-state index >= 15 is 0 Å². The summed E-state index contributed by atoms with van der Waals surface area (Å²) in [5, 5.41) is 5.18. The molecule has 1 unspecified atom stereocenters. The van der Waals surface area contributed by atoms with Gasteiger partial charge in [-0.1, -0.05) is 37.3 Å². The van der Waals surface area contributed by atoms with Crippen LogP contribution in [0.5, 0.6) is 0 Å². The fourth-order valence-electron chi connectivity index (χ4n) is 6.18. The first-order valence-electron chi connectivity index (χ1n) is 15.3. The zero-order valence-corrected chi connectivity index (χ0v) is 30.0. The average Bonchev–Trinajstić information content (AvgIpc) is 3.53. The van der Waals surface area contributed by atoms with Crippen molar-refractivity contribution in [2.75, 3.05) is 26.8 Å². The Labute approximate surface area is 279 Å². The first-order valence-corrected chi connectivity index (χ1v) is 21.8. The molecular weight excluding hydrogens is 671 g/mol. The van der Waals surface area contributed by atoms with E-state index in [9.17, 15) is 22.4 Å². The number of carbonyl (C=O) groups is 2. The number of piperidine rings is 1. The molecule has 5 rings (SSSR count). The lowest BCUT2D eigenvalue weighted by Crippen LogP contribution is -2.54. The third-order valence-electron chi connectivity index (χ3n) is 8.95. The molecule has 3 aliphatic rings. The molecule has 2 fully saturated rings. The molecule has 3 heterocycles. The van der Waals surface area contributed by atoms with E-state index in [1.807, 2.05) is 0 Å². The van der Waals surface area contributed by atoms with Gasteiger partial charge in [0, 0.05) is 54.9 Å². The highest BCUT2D eigenvalue weighted by Gasteiger charge is 2.54. The lowest BCUT2D eigenvalue weighted by Gasteiger charge is -2.45. The maximum atomic E-state index is 14.0. The number of halogens is 2. The van der Waals surface area contributed by atoms with E-state index < -0.39 is 46.6 Å². The Balaban J connectivity index is 1.33. The van der Waals surface area contributed by atoms with Gasteiger partial charge in [0.25, 0.3) is 0 Å². The Morgan fingerprint density at radius 1 is 1.22 bits per heavy atom. The average molecular weight is 711 g/mol. The van der Waals surface area contributed by atoms with Crippen molar-refractivity contribution in [1.82, 2.24) is 14.6 Å². The predicted molar refractivity (Wildman–Crippen MR) is 178 cm³/mol. The van der Waals surface area contributed by atoms with Crippen molar-refractivity contribution in [2.45, 2.75) is 69.6 Å². The van der Waals surface area contributed by atoms with Crippen LogP contribution in [0.3, 0.4) is 0 Å². The number of ether oxygens (including phenoxy) is 2. The third kappa shape index (κ3) is 7.25. The van der Waals surface area contributed by atoms with Gasteiger partial charge < -0.3 is 14.8 Å². The number of rotatable bonds is 10. The first-order chi connectivity index (χ1) is 21.6. The van der Waals surface area contributed by atoms with Gasteiger partial charge in [0.1, 0.15) is 11.9 Å². The first kappa shape index (κ1) is 34.7. The van der Waals surface area contributed by atoms with Gasteiger partial charge in [-0.05, 0) is 50.8 Å². The summed E-state index contributed by atoms with van der Waals surface area (Å²) in [6.07, 6.45) is 2.97. The van der Waals surface area contributed by atoms with E-state index in [4.69, 9.17) is 26.1 Å². The summed E-state index contributed by atoms with van der Waals surface area (Å²) in [6, 6.07) is 3.91. The molecule has 1 aromatic carbocycles. The van der Waals surface area contributed by atoms with Crippen LogP contribution in [-0.4, -0.2) is 75.6 Å². The zero-order chi connectivity index (χ0) is 33.4. The van der Waals surface area contributed by atoms with Crippen LogP contribution in [0.4, 0.5) is 4.39 Å². The SMILES string of the molecule is COC(=O)C1=C(C2CCN(S(=O)(=O)C3CC(C)(C(=O)OCC[Si](C)(C)C)C3)CC2)NC(c2nccs2)=NC1c1ccc(F)cc1Cl. The molecule has 0 amide bonds. The van der Waals surface area contributed by atoms with Crippen molar-refractivity contribution in [3.05, 3.63) is 62.5 Å². The molecule has 0 spiro atoms. The van der Waals surface area contributed by atoms with Crippen LogP contribution in [0.2, 0.25) is 30.7 Å². The smallest absolute Gasteiger partial charge is 0.338 e. The topological polar surface area (TPSA) is 127 Å². The number of thiazole rings is 1. The quantitative estimate of drug-likeness (QED) is 0.252. The van der Waals surface area contributed by atoms with Gasteiger partial charge in [-0.25, -0.2) is 26.9 Å². The van der Waals surface area contributed by atoms with Crippen LogP contribution in [0.15, 0.2) is 46.0 Å². The summed E-state index contributed by atoms with van der Waals surface area (Å²) >= 11 is 7.83. The molecule has 15 heteroatoms. The van der Waals surface area contributed by atoms with E-state index in [0.717, 1.165) is 6.04 Å². The number of methoxy groups -OCH3 is 1. The maximum Gasteiger partial charge on any atom is 0.338 e. The van der Waals surface area contributed by atoms with E-state index in [2.05, 4.69) is 29.9 Å². The van der Waals surface area contributed by atoms with Gasteiger partial charge in [0.2, 0.25) is 10.0 Å². The van der Waals surface area contributed by atoms with Crippen LogP contribution >= 0.6 is 22.9 Å². The van der Waals surface area contributed by atoms with Gasteiger partial charge in [0.15, 0.2) is 10.8 Å². The number of esters is 2. The standard InChI is InChI=1S/C31H40ClFN4O6S2Si/c1-31(30(39)43-13-15-46(3,4)5)17-21(18-31)45(40,41)37-11-8-19(9-12-37)25-24(29(38)42-2)26(22-7-6-20(33)16-23(22)32)36-27(35-25)28-34-10-14-44-28/h6-7,10,14,16,19,21,26H,8-9,11-13,15,17-18H2,1-5H3,(H,35,36). The summed E-state index contributed by atoms with van der Waals surface area (Å²) in [5.74, 6) is -1.26. The minimum Gasteiger partial charge on any atom is -0.466 e. The Morgan fingerprint density at radius 3 is 2.50 bits per heavy atom. The number of hydrogen-bond acceptors (Lipinski definition) is 10. The number of nitrogens with zero attached hydrogens (tertiary/aromatic N) is 3. The number of nitrogens with one attached hydrogen (secondary N) is 1. The number of amidine groups is 1. The number of carbonyl (C=O) groups excluding carboxylic acids is 2. The fraction of sp³-hybridized carbons (Fsp3) is 0.548. The summed E-state index contributed by atoms with van der Waals surface area (Å²) < 4.78 is 53.5. The Morgan fingerprint density at radius 2 is 1.91 bits per heavy atom. The minimum absolute atomic E-state index is 0.114. The lowest BCUT2D eigenvalue weighted by molar-refractivity contribution is -0.159. The molecular formula is C31H40ClFN4O6S2Si. The Kier molecular flexibility index (Phi) is 10.1. The highest BCUT2D eigenvalue weighted by Crippen LogP contribution is 2.47. The van der Waals surface area contributed by atoms with E-state index in [1.54, 1.807) is 18.5 Å². The Bertz CT molecular complexity index is 1650. The van der Waals surface area contributed by atoms with Gasteiger partial charge in [-0.3, -0.25) is 9.79 Å². The van der Waals surface area contributed by atoms with Gasteiger partial charge in [-0.15, -0.1) is 11.3 Å². The molecule has 1 atom stereocenters. The van der Waals surface area contributed by atoms with Crippen LogP contribution in [0.1, 0.15) is 49.2 Å². The number of allylic oxidation sites excluding steroid dienone is 1. The normalized spacial score (nSPS) is 24.5. The van der Waals surface area contributed by atoms with Crippen LogP contribution < -0.4 is 5.32 Å². The summed E-state index contributed by atoms with van der Waals surface area (Å²) in [7, 11) is -3.73. The Hall–Kier alpha value is -2.65. The minimum atomic E-state index is -3.65. The molecule has 1 N–H and O–H groups in total. The molecule has 2 aliphatic heterocycles. The predicted octanol–water partition coefficient (Wildman–Crippen LogP) is 5.55. The highest BCUT2D eigenvalue weighted by atomic mass is 35.5. The maximum absolute atomic E-state index is 14.0. The summed E-state index contributed by atoms with van der Waals surface area (Å²) in [6.45, 7) is 9.27. The lowest BCUT2D eigenvalue weighted by atomic mass is 9.70. The number of aliphatic imine (C=N–C) groups is 1. The molecule has 2 aromatic rings. The number of benzene rings is 1. The van der Waals surface area contributed by atoms with Crippen LogP contribution in [0, 0.1) is 17.2 Å². The number of hydrogen-bond donors (Lipinski definition) is 1. The highest BCUT2D eigenvalue weighted by molar-refractivity contribution is 7.89. The summed E-state index contributed by atoms with van der Waals surface area (Å²) in [4.78, 5) is 35.2. The van der Waals surface area contributed by atoms with Crippen LogP contribution in [0.25, 0.3) is 0 Å². The van der Waals surface area contributed by atoms with Crippen molar-refractivity contribution in [3.8, 4) is 0 Å². The molecule has 1 aliphatic carbocycles. The number of aromatic nitrogens is 1. The molecule has 1 saturated heterocycles. The van der Waals surface area contributed by atoms with Crippen molar-refractivity contribution in [3.63, 3.8) is 0 Å². The van der Waals surface area contributed by atoms with Gasteiger partial charge >= 0.3 is 11.9 Å². The van der Waals surface area contributed by atoms with Crippen LogP contribution in [-0.2, 0) is 29.1 Å². The fourth-order valence-corrected chi connectivity index (χ4v) is 10.0. The third-order valence-corrected chi connectivity index (χ3v) is 14.0. The monoisotopic (exact) mass is 710 g/mol. The second-order valence-electron chi connectivity index (χ2n) is 13.6. The van der Waals surface area contributed by atoms with Crippen molar-refractivity contribution in [2.24, 2.45) is 16.3 Å². The number of sulfonamides is 1. The van der Waals surface area contributed by atoms with E-state index in [1.165, 1.54) is 41.0 Å².